The molecule has 5 nitrogen and oxygen atoms in total. The van der Waals surface area contributed by atoms with Gasteiger partial charge in [0, 0.05) is 10.9 Å². The first-order valence-corrected chi connectivity index (χ1v) is 9.44. The maximum absolute atomic E-state index is 12.7. The molecule has 2 atom stereocenters. The molecule has 1 saturated carbocycles. The molecule has 2 aromatic rings. The van der Waals surface area contributed by atoms with Crippen LogP contribution in [0.3, 0.4) is 0 Å². The van der Waals surface area contributed by atoms with Crippen molar-refractivity contribution in [2.75, 3.05) is 0 Å². The van der Waals surface area contributed by atoms with Crippen molar-refractivity contribution in [1.29, 1.82) is 0 Å². The van der Waals surface area contributed by atoms with Gasteiger partial charge in [-0.2, -0.15) is 4.98 Å². The van der Waals surface area contributed by atoms with Gasteiger partial charge in [0.05, 0.1) is 11.3 Å². The van der Waals surface area contributed by atoms with Gasteiger partial charge in [0.1, 0.15) is 0 Å². The molecule has 24 heavy (non-hydrogen) atoms. The third-order valence-electron chi connectivity index (χ3n) is 4.48. The fourth-order valence-corrected chi connectivity index (χ4v) is 3.98. The molecular formula is C18H23N3O2S. The third-order valence-corrected chi connectivity index (χ3v) is 5.54. The number of amides is 1. The van der Waals surface area contributed by atoms with E-state index in [2.05, 4.69) is 22.4 Å². The van der Waals surface area contributed by atoms with Crippen molar-refractivity contribution in [2.45, 2.75) is 56.2 Å². The van der Waals surface area contributed by atoms with E-state index in [0.717, 1.165) is 16.9 Å². The van der Waals surface area contributed by atoms with Crippen LogP contribution in [0.2, 0.25) is 0 Å². The lowest BCUT2D eigenvalue weighted by molar-refractivity contribution is 0.0907. The van der Waals surface area contributed by atoms with Crippen LogP contribution in [0.1, 0.15) is 54.7 Å². The molecule has 0 saturated heterocycles. The Labute approximate surface area is 146 Å². The highest BCUT2D eigenvalue weighted by atomic mass is 32.2. The molecule has 3 rings (SSSR count). The Morgan fingerprint density at radius 3 is 2.88 bits per heavy atom. The van der Waals surface area contributed by atoms with Crippen molar-refractivity contribution >= 4 is 17.7 Å². The van der Waals surface area contributed by atoms with Crippen molar-refractivity contribution in [2.24, 2.45) is 5.92 Å². The maximum Gasteiger partial charge on any atom is 0.252 e. The highest BCUT2D eigenvalue weighted by molar-refractivity contribution is 7.98. The fraction of sp³-hybridized carbons (Fsp3) is 0.500. The Kier molecular flexibility index (Phi) is 5.56. The Bertz CT molecular complexity index is 701. The highest BCUT2D eigenvalue weighted by Gasteiger charge is 2.24. The number of carbonyl (C=O) groups excluding carboxylic acids is 1. The maximum atomic E-state index is 12.7. The van der Waals surface area contributed by atoms with Gasteiger partial charge in [0.2, 0.25) is 5.89 Å². The van der Waals surface area contributed by atoms with Crippen molar-refractivity contribution in [3.8, 4) is 0 Å². The smallest absolute Gasteiger partial charge is 0.252 e. The first kappa shape index (κ1) is 17.0. The average Bonchev–Trinajstić information content (AvgIpc) is 3.01. The van der Waals surface area contributed by atoms with Crippen LogP contribution < -0.4 is 5.32 Å². The molecular weight excluding hydrogens is 322 g/mol. The van der Waals surface area contributed by atoms with Gasteiger partial charge in [-0.15, -0.1) is 11.8 Å². The van der Waals surface area contributed by atoms with E-state index in [-0.39, 0.29) is 11.9 Å². The standard InChI is InChI=1S/C18H23N3O2S/c1-12-7-3-5-9-15(12)20-18(22)14-8-4-6-10-16(14)24-11-17-19-13(2)21-23-17/h4,6,8,10,12,15H,3,5,7,9,11H2,1-2H3,(H,20,22). The molecule has 1 fully saturated rings. The van der Waals surface area contributed by atoms with Crippen LogP contribution in [0.15, 0.2) is 33.7 Å². The van der Waals surface area contributed by atoms with E-state index >= 15 is 0 Å². The minimum Gasteiger partial charge on any atom is -0.349 e. The van der Waals surface area contributed by atoms with Crippen LogP contribution in [0.25, 0.3) is 0 Å². The lowest BCUT2D eigenvalue weighted by Crippen LogP contribution is -2.41. The highest BCUT2D eigenvalue weighted by Crippen LogP contribution is 2.27. The van der Waals surface area contributed by atoms with Crippen LogP contribution in [0.4, 0.5) is 0 Å². The predicted molar refractivity (Wildman–Crippen MR) is 93.9 cm³/mol. The van der Waals surface area contributed by atoms with Gasteiger partial charge >= 0.3 is 0 Å². The summed E-state index contributed by atoms with van der Waals surface area (Å²) in [5.41, 5.74) is 0.719. The Hall–Kier alpha value is -1.82. The molecule has 0 bridgehead atoms. The zero-order valence-electron chi connectivity index (χ0n) is 14.1. The number of aromatic nitrogens is 2. The van der Waals surface area contributed by atoms with Crippen molar-refractivity contribution < 1.29 is 9.32 Å². The largest absolute Gasteiger partial charge is 0.349 e. The number of aryl methyl sites for hydroxylation is 1. The Morgan fingerprint density at radius 2 is 2.12 bits per heavy atom. The summed E-state index contributed by atoms with van der Waals surface area (Å²) in [5.74, 6) is 2.32. The first-order valence-electron chi connectivity index (χ1n) is 8.45. The quantitative estimate of drug-likeness (QED) is 0.830. The third kappa shape index (κ3) is 4.17. The normalized spacial score (nSPS) is 20.8. The Morgan fingerprint density at radius 1 is 1.33 bits per heavy atom. The number of hydrogen-bond donors (Lipinski definition) is 1. The lowest BCUT2D eigenvalue weighted by atomic mass is 9.86. The van der Waals surface area contributed by atoms with E-state index in [4.69, 9.17) is 4.52 Å². The van der Waals surface area contributed by atoms with Crippen LogP contribution in [0, 0.1) is 12.8 Å². The summed E-state index contributed by atoms with van der Waals surface area (Å²) in [4.78, 5) is 17.9. The van der Waals surface area contributed by atoms with E-state index in [1.807, 2.05) is 24.3 Å². The van der Waals surface area contributed by atoms with Crippen molar-refractivity contribution in [1.82, 2.24) is 15.5 Å². The average molecular weight is 345 g/mol. The molecule has 1 N–H and O–H groups in total. The zero-order valence-corrected chi connectivity index (χ0v) is 14.9. The lowest BCUT2D eigenvalue weighted by Gasteiger charge is -2.29. The van der Waals surface area contributed by atoms with Gasteiger partial charge in [0.25, 0.3) is 5.91 Å². The number of rotatable bonds is 5. The van der Waals surface area contributed by atoms with Crippen LogP contribution in [-0.4, -0.2) is 22.1 Å². The molecule has 0 spiro atoms. The van der Waals surface area contributed by atoms with Gasteiger partial charge in [-0.25, -0.2) is 0 Å². The summed E-state index contributed by atoms with van der Waals surface area (Å²) in [7, 11) is 0. The number of hydrogen-bond acceptors (Lipinski definition) is 5. The van der Waals surface area contributed by atoms with E-state index in [1.165, 1.54) is 19.3 Å². The monoisotopic (exact) mass is 345 g/mol. The van der Waals surface area contributed by atoms with E-state index in [9.17, 15) is 4.79 Å². The van der Waals surface area contributed by atoms with Gasteiger partial charge in [0.15, 0.2) is 5.82 Å². The molecule has 6 heteroatoms. The first-order chi connectivity index (χ1) is 11.6. The molecule has 2 unspecified atom stereocenters. The summed E-state index contributed by atoms with van der Waals surface area (Å²) in [6.45, 7) is 4.02. The van der Waals surface area contributed by atoms with E-state index in [0.29, 0.717) is 23.4 Å². The SMILES string of the molecule is Cc1noc(CSc2ccccc2C(=O)NC2CCCCC2C)n1. The molecule has 128 valence electrons. The van der Waals surface area contributed by atoms with E-state index in [1.54, 1.807) is 18.7 Å². The molecule has 1 amide bonds. The predicted octanol–water partition coefficient (Wildman–Crippen LogP) is 3.98. The number of carbonyl (C=O) groups is 1. The van der Waals surface area contributed by atoms with Gasteiger partial charge in [-0.3, -0.25) is 4.79 Å². The van der Waals surface area contributed by atoms with Crippen molar-refractivity contribution in [3.63, 3.8) is 0 Å². The summed E-state index contributed by atoms with van der Waals surface area (Å²) in [6, 6.07) is 7.97. The molecule has 1 aliphatic rings. The summed E-state index contributed by atoms with van der Waals surface area (Å²) in [6.07, 6.45) is 4.73. The zero-order chi connectivity index (χ0) is 16.9. The van der Waals surface area contributed by atoms with Gasteiger partial charge < -0.3 is 9.84 Å². The van der Waals surface area contributed by atoms with Crippen LogP contribution >= 0.6 is 11.8 Å². The topological polar surface area (TPSA) is 68.0 Å². The summed E-state index contributed by atoms with van der Waals surface area (Å²) >= 11 is 1.55. The van der Waals surface area contributed by atoms with E-state index < -0.39 is 0 Å². The molecule has 1 aliphatic carbocycles. The summed E-state index contributed by atoms with van der Waals surface area (Å²) in [5, 5.41) is 7.02. The molecule has 1 heterocycles. The summed E-state index contributed by atoms with van der Waals surface area (Å²) < 4.78 is 5.14. The molecule has 0 aliphatic heterocycles. The fourth-order valence-electron chi connectivity index (χ4n) is 3.10. The van der Waals surface area contributed by atoms with Crippen molar-refractivity contribution in [3.05, 3.63) is 41.5 Å². The number of thioether (sulfide) groups is 1. The Balaban J connectivity index is 1.67. The molecule has 1 aromatic heterocycles. The molecule has 1 aromatic carbocycles. The second kappa shape index (κ2) is 7.83. The van der Waals surface area contributed by atoms with Gasteiger partial charge in [-0.05, 0) is 37.8 Å². The van der Waals surface area contributed by atoms with Crippen LogP contribution in [0.5, 0.6) is 0 Å². The second-order valence-corrected chi connectivity index (χ2v) is 7.38. The second-order valence-electron chi connectivity index (χ2n) is 6.36. The minimum absolute atomic E-state index is 0.0126. The minimum atomic E-state index is 0.0126. The number of benzene rings is 1. The van der Waals surface area contributed by atoms with Gasteiger partial charge in [-0.1, -0.05) is 37.1 Å². The molecule has 0 radical (unpaired) electrons. The van der Waals surface area contributed by atoms with Crippen LogP contribution in [-0.2, 0) is 5.75 Å². The number of nitrogens with one attached hydrogen (secondary N) is 1. The number of nitrogens with zero attached hydrogens (tertiary/aromatic N) is 2.